The number of nitrogens with two attached hydrogens (primary N) is 2. The first-order valence-corrected chi connectivity index (χ1v) is 21.7. The van der Waals surface area contributed by atoms with E-state index in [-0.39, 0.29) is 58.8 Å². The summed E-state index contributed by atoms with van der Waals surface area (Å²) in [6.07, 6.45) is 2.16. The van der Waals surface area contributed by atoms with E-state index in [1.165, 1.54) is 63.5 Å². The van der Waals surface area contributed by atoms with E-state index in [0.717, 1.165) is 20.7 Å². The molecule has 5 atom stereocenters. The van der Waals surface area contributed by atoms with Gasteiger partial charge in [-0.3, -0.25) is 33.6 Å². The van der Waals surface area contributed by atoms with Crippen LogP contribution in [0.15, 0.2) is 91.1 Å². The van der Waals surface area contributed by atoms with Crippen molar-refractivity contribution in [3.8, 4) is 33.8 Å². The second-order valence-electron chi connectivity index (χ2n) is 16.2. The Morgan fingerprint density at radius 1 is 0.881 bits per heavy atom. The molecule has 0 fully saturated rings. The van der Waals surface area contributed by atoms with Crippen LogP contribution in [0.4, 0.5) is 0 Å². The minimum atomic E-state index is -1.47. The molecule has 4 aromatic carbocycles. The zero-order valence-electron chi connectivity index (χ0n) is 36.9. The lowest BCUT2D eigenvalue weighted by atomic mass is 9.93. The average molecular weight is 935 g/mol. The van der Waals surface area contributed by atoms with Gasteiger partial charge >= 0.3 is 0 Å². The Hall–Kier alpha value is -7.64. The number of nitrogens with zero attached hydrogens (tertiary/aromatic N) is 4. The SMILES string of the molecule is CC(NC(=O)[C@@H]1Cc2ccc(O)c(c2)-c2cc(ccc2O)[C@H](N(C)C(=O)[C@H](CCCCN)NC(=O)c2ccc(-c3ccc(Cl)cc3)cc2)C(=O)N[C@@H](C)C(=O)N1)C(=O)Cn1cc(C(N)=O)nn1. The van der Waals surface area contributed by atoms with Gasteiger partial charge in [-0.1, -0.05) is 53.2 Å². The lowest BCUT2D eigenvalue weighted by molar-refractivity contribution is -0.141. The first-order chi connectivity index (χ1) is 31.9. The van der Waals surface area contributed by atoms with Crippen LogP contribution in [-0.4, -0.2) is 109 Å². The van der Waals surface area contributed by atoms with Crippen molar-refractivity contribution in [1.82, 2.24) is 41.2 Å². The van der Waals surface area contributed by atoms with Gasteiger partial charge in [0.2, 0.25) is 23.6 Å². The Balaban J connectivity index is 1.28. The van der Waals surface area contributed by atoms with Crippen LogP contribution in [0.1, 0.15) is 71.1 Å². The highest BCUT2D eigenvalue weighted by atomic mass is 35.5. The lowest BCUT2D eigenvalue weighted by Gasteiger charge is -2.32. The maximum absolute atomic E-state index is 14.6. The van der Waals surface area contributed by atoms with Gasteiger partial charge in [0.1, 0.15) is 42.2 Å². The number of phenolic OH excluding ortho intramolecular Hbond substituents is 2. The fraction of sp³-hybridized carbons (Fsp3) is 0.298. The number of phenols is 2. The van der Waals surface area contributed by atoms with Crippen molar-refractivity contribution in [2.24, 2.45) is 11.5 Å². The molecule has 0 aliphatic carbocycles. The Morgan fingerprint density at radius 2 is 1.52 bits per heavy atom. The van der Waals surface area contributed by atoms with Crippen molar-refractivity contribution < 1.29 is 43.8 Å². The number of likely N-dealkylation sites (N-methyl/N-ethyl adjacent to an activating group) is 1. The van der Waals surface area contributed by atoms with Crippen molar-refractivity contribution in [3.05, 3.63) is 119 Å². The molecule has 6 rings (SSSR count). The number of Topliss-reactive ketones (excluding diaryl/α,β-unsaturated/α-hetero) is 1. The number of ketones is 1. The summed E-state index contributed by atoms with van der Waals surface area (Å²) in [5.74, 6) is -5.54. The smallest absolute Gasteiger partial charge is 0.270 e. The number of rotatable bonds is 15. The van der Waals surface area contributed by atoms with Gasteiger partial charge < -0.3 is 47.8 Å². The molecule has 0 radical (unpaired) electrons. The highest BCUT2D eigenvalue weighted by molar-refractivity contribution is 6.30. The summed E-state index contributed by atoms with van der Waals surface area (Å²) >= 11 is 6.05. The second kappa shape index (κ2) is 21.6. The quantitative estimate of drug-likeness (QED) is 0.0703. The van der Waals surface area contributed by atoms with Crippen molar-refractivity contribution in [3.63, 3.8) is 0 Å². The van der Waals surface area contributed by atoms with Crippen LogP contribution in [0.2, 0.25) is 5.02 Å². The van der Waals surface area contributed by atoms with E-state index >= 15 is 0 Å². The summed E-state index contributed by atoms with van der Waals surface area (Å²) < 4.78 is 1.08. The molecule has 0 saturated carbocycles. The molecule has 350 valence electrons. The molecule has 1 aliphatic rings. The Morgan fingerprint density at radius 3 is 2.16 bits per heavy atom. The predicted molar refractivity (Wildman–Crippen MR) is 246 cm³/mol. The summed E-state index contributed by atoms with van der Waals surface area (Å²) in [6, 6.07) is 16.1. The maximum atomic E-state index is 14.6. The third-order valence-electron chi connectivity index (χ3n) is 11.3. The van der Waals surface area contributed by atoms with Crippen LogP contribution in [-0.2, 0) is 36.9 Å². The number of benzene rings is 4. The molecular weight excluding hydrogens is 884 g/mol. The number of amides is 6. The van der Waals surface area contributed by atoms with E-state index in [4.69, 9.17) is 23.1 Å². The number of aromatic hydroxyl groups is 2. The van der Waals surface area contributed by atoms with E-state index in [1.807, 2.05) is 12.1 Å². The molecule has 20 heteroatoms. The van der Waals surface area contributed by atoms with Crippen LogP contribution < -0.4 is 32.7 Å². The number of fused-ring (bicyclic) bond motifs is 5. The fourth-order valence-corrected chi connectivity index (χ4v) is 7.64. The molecule has 0 saturated heterocycles. The zero-order valence-corrected chi connectivity index (χ0v) is 37.6. The summed E-state index contributed by atoms with van der Waals surface area (Å²) in [6.45, 7) is 2.76. The molecule has 4 bridgehead atoms. The molecule has 0 spiro atoms. The largest absolute Gasteiger partial charge is 0.507 e. The highest BCUT2D eigenvalue weighted by Gasteiger charge is 2.36. The molecule has 1 aliphatic heterocycles. The third-order valence-corrected chi connectivity index (χ3v) is 11.6. The minimum absolute atomic E-state index is 0.0762. The van der Waals surface area contributed by atoms with Crippen molar-refractivity contribution in [2.45, 2.75) is 76.3 Å². The summed E-state index contributed by atoms with van der Waals surface area (Å²) in [4.78, 5) is 96.2. The van der Waals surface area contributed by atoms with E-state index in [9.17, 15) is 43.8 Å². The van der Waals surface area contributed by atoms with Gasteiger partial charge in [0, 0.05) is 35.2 Å². The monoisotopic (exact) mass is 934 g/mol. The van der Waals surface area contributed by atoms with E-state index < -0.39 is 71.4 Å². The Bertz CT molecular complexity index is 2670. The number of carbonyl (C=O) groups is 7. The van der Waals surface area contributed by atoms with Crippen LogP contribution in [0.5, 0.6) is 11.5 Å². The Labute approximate surface area is 390 Å². The predicted octanol–water partition coefficient (Wildman–Crippen LogP) is 2.52. The van der Waals surface area contributed by atoms with Crippen LogP contribution in [0.3, 0.4) is 0 Å². The summed E-state index contributed by atoms with van der Waals surface area (Å²) in [5, 5.41) is 40.9. The molecule has 19 nitrogen and oxygen atoms in total. The number of aromatic nitrogens is 3. The minimum Gasteiger partial charge on any atom is -0.507 e. The number of hydrogen-bond acceptors (Lipinski definition) is 12. The molecular formula is C47H51ClN10O9. The maximum Gasteiger partial charge on any atom is 0.270 e. The molecule has 10 N–H and O–H groups in total. The average Bonchev–Trinajstić information content (AvgIpc) is 3.78. The zero-order chi connectivity index (χ0) is 48.5. The van der Waals surface area contributed by atoms with Crippen LogP contribution >= 0.6 is 11.6 Å². The molecule has 1 unspecified atom stereocenters. The number of primary amides is 1. The van der Waals surface area contributed by atoms with E-state index in [0.29, 0.717) is 30.0 Å². The first kappa shape index (κ1) is 48.8. The van der Waals surface area contributed by atoms with Gasteiger partial charge in [0.15, 0.2) is 11.5 Å². The number of hydrogen-bond donors (Lipinski definition) is 8. The summed E-state index contributed by atoms with van der Waals surface area (Å²) in [5.41, 5.74) is 13.6. The van der Waals surface area contributed by atoms with Crippen molar-refractivity contribution in [1.29, 1.82) is 0 Å². The Kier molecular flexibility index (Phi) is 15.7. The first-order valence-electron chi connectivity index (χ1n) is 21.4. The normalized spacial score (nSPS) is 16.9. The van der Waals surface area contributed by atoms with E-state index in [2.05, 4.69) is 31.6 Å². The standard InChI is InChI=1S/C47H51ClN10O9/c1-25(40(61)24-58-23-37(42(50)62)55-56-58)51-45(65)36-21-27-7-17-38(59)33(20-27)34-22-31(14-18-39(34)60)41(46(66)52-26(2)43(63)54-36)57(3)47(67)35(6-4-5-19-49)53-44(64)30-10-8-28(9-11-30)29-12-15-32(48)16-13-29/h7-18,20,22-23,25-26,35-36,41,59-60H,4-6,19,21,24,49H2,1-3H3,(H2,50,62)(H,51,65)(H,52,66)(H,53,64)(H,54,63)/t25?,26-,35-,36-,41-/m0/s1. The third kappa shape index (κ3) is 12.0. The molecule has 6 amide bonds. The number of halogens is 1. The number of carbonyl (C=O) groups excluding carboxylic acids is 7. The second-order valence-corrected chi connectivity index (χ2v) is 16.7. The lowest BCUT2D eigenvalue weighted by Crippen LogP contribution is -2.57. The van der Waals surface area contributed by atoms with E-state index in [1.54, 1.807) is 36.4 Å². The molecule has 67 heavy (non-hydrogen) atoms. The van der Waals surface area contributed by atoms with Gasteiger partial charge in [-0.2, -0.15) is 0 Å². The molecule has 1 aromatic heterocycles. The van der Waals surface area contributed by atoms with Crippen molar-refractivity contribution in [2.75, 3.05) is 13.6 Å². The number of unbranched alkanes of at least 4 members (excludes halogenated alkanes) is 1. The molecule has 2 heterocycles. The van der Waals surface area contributed by atoms with Gasteiger partial charge in [-0.25, -0.2) is 4.68 Å². The fourth-order valence-electron chi connectivity index (χ4n) is 7.52. The van der Waals surface area contributed by atoms with Crippen LogP contribution in [0, 0.1) is 0 Å². The summed E-state index contributed by atoms with van der Waals surface area (Å²) in [7, 11) is 1.37. The van der Waals surface area contributed by atoms with Gasteiger partial charge in [-0.15, -0.1) is 5.10 Å². The molecule has 5 aromatic rings. The topological polar surface area (TPSA) is 294 Å². The van der Waals surface area contributed by atoms with Gasteiger partial charge in [0.25, 0.3) is 11.8 Å². The van der Waals surface area contributed by atoms with Gasteiger partial charge in [0.05, 0.1) is 12.2 Å². The highest BCUT2D eigenvalue weighted by Crippen LogP contribution is 2.39. The number of nitrogens with one attached hydrogen (secondary N) is 4. The van der Waals surface area contributed by atoms with Crippen LogP contribution in [0.25, 0.3) is 22.3 Å². The van der Waals surface area contributed by atoms with Gasteiger partial charge in [-0.05, 0) is 110 Å². The van der Waals surface area contributed by atoms with Crippen molar-refractivity contribution >= 4 is 52.8 Å².